The van der Waals surface area contributed by atoms with Gasteiger partial charge in [-0.05, 0) is 60.7 Å². The summed E-state index contributed by atoms with van der Waals surface area (Å²) >= 11 is 12.2. The maximum atomic E-state index is 12.3. The highest BCUT2D eigenvalue weighted by Crippen LogP contribution is 2.31. The number of nitrogens with zero attached hydrogens (tertiary/aromatic N) is 1. The lowest BCUT2D eigenvalue weighted by atomic mass is 10.2. The molecule has 8 heteroatoms. The number of carbonyl (C=O) groups excluding carboxylic acids is 1. The molecule has 0 aliphatic carbocycles. The molecule has 0 saturated carbocycles. The van der Waals surface area contributed by atoms with Crippen molar-refractivity contribution in [3.8, 4) is 23.0 Å². The maximum Gasteiger partial charge on any atom is 0.262 e. The number of halogens is 2. The van der Waals surface area contributed by atoms with Crippen molar-refractivity contribution in [1.29, 1.82) is 0 Å². The quantitative estimate of drug-likeness (QED) is 0.406. The van der Waals surface area contributed by atoms with E-state index in [1.165, 1.54) is 0 Å². The topological polar surface area (TPSA) is 73.6 Å². The Morgan fingerprint density at radius 2 is 1.80 bits per heavy atom. The zero-order valence-electron chi connectivity index (χ0n) is 15.8. The van der Waals surface area contributed by atoms with Gasteiger partial charge < -0.3 is 19.2 Å². The number of oxazole rings is 1. The summed E-state index contributed by atoms with van der Waals surface area (Å²) in [6, 6.07) is 17.3. The molecule has 0 spiro atoms. The Balaban J connectivity index is 1.47. The van der Waals surface area contributed by atoms with Gasteiger partial charge in [0.05, 0.1) is 17.8 Å². The first kappa shape index (κ1) is 20.1. The van der Waals surface area contributed by atoms with Gasteiger partial charge in [-0.15, -0.1) is 0 Å². The van der Waals surface area contributed by atoms with Crippen LogP contribution in [0.3, 0.4) is 0 Å². The Hall–Kier alpha value is -3.22. The standard InChI is InChI=1S/C22H16Cl2N2O4/c1-28-15-4-6-16(7-5-15)29-12-21(27)25-18-10-13(2-8-17(18)24)22-26-19-11-14(23)3-9-20(19)30-22/h2-11H,12H2,1H3,(H,25,27). The van der Waals surface area contributed by atoms with Crippen molar-refractivity contribution in [2.75, 3.05) is 19.0 Å². The van der Waals surface area contributed by atoms with Crippen molar-refractivity contribution in [1.82, 2.24) is 4.98 Å². The molecular formula is C22H16Cl2N2O4. The number of nitrogens with one attached hydrogen (secondary N) is 1. The van der Waals surface area contributed by atoms with Crippen LogP contribution in [0.15, 0.2) is 65.1 Å². The zero-order chi connectivity index (χ0) is 21.1. The van der Waals surface area contributed by atoms with Gasteiger partial charge in [0.1, 0.15) is 17.0 Å². The first-order valence-corrected chi connectivity index (χ1v) is 9.70. The molecule has 0 atom stereocenters. The lowest BCUT2D eigenvalue weighted by Crippen LogP contribution is -2.20. The number of fused-ring (bicyclic) bond motifs is 1. The predicted octanol–water partition coefficient (Wildman–Crippen LogP) is 5.83. The van der Waals surface area contributed by atoms with Crippen molar-refractivity contribution < 1.29 is 18.7 Å². The molecule has 0 radical (unpaired) electrons. The van der Waals surface area contributed by atoms with Gasteiger partial charge in [0.2, 0.25) is 5.89 Å². The summed E-state index contributed by atoms with van der Waals surface area (Å²) in [7, 11) is 1.58. The van der Waals surface area contributed by atoms with Crippen molar-refractivity contribution in [3.05, 3.63) is 70.7 Å². The number of anilines is 1. The Bertz CT molecular complexity index is 1210. The molecular weight excluding hydrogens is 427 g/mol. The van der Waals surface area contributed by atoms with Gasteiger partial charge in [-0.3, -0.25) is 4.79 Å². The van der Waals surface area contributed by atoms with Gasteiger partial charge in [0.15, 0.2) is 12.2 Å². The Kier molecular flexibility index (Phi) is 5.79. The van der Waals surface area contributed by atoms with Crippen LogP contribution in [-0.2, 0) is 4.79 Å². The Morgan fingerprint density at radius 1 is 1.03 bits per heavy atom. The monoisotopic (exact) mass is 442 g/mol. The van der Waals surface area contributed by atoms with E-state index in [4.69, 9.17) is 37.1 Å². The van der Waals surface area contributed by atoms with Crippen LogP contribution in [0.25, 0.3) is 22.6 Å². The third-order valence-corrected chi connectivity index (χ3v) is 4.83. The molecule has 1 heterocycles. The minimum absolute atomic E-state index is 0.172. The number of hydrogen-bond donors (Lipinski definition) is 1. The molecule has 0 fully saturated rings. The molecule has 1 aromatic heterocycles. The summed E-state index contributed by atoms with van der Waals surface area (Å²) < 4.78 is 16.4. The van der Waals surface area contributed by atoms with Crippen molar-refractivity contribution in [3.63, 3.8) is 0 Å². The lowest BCUT2D eigenvalue weighted by molar-refractivity contribution is -0.118. The first-order valence-electron chi connectivity index (χ1n) is 8.94. The summed E-state index contributed by atoms with van der Waals surface area (Å²) in [4.78, 5) is 16.8. The van der Waals surface area contributed by atoms with Crippen molar-refractivity contribution in [2.45, 2.75) is 0 Å². The number of amides is 1. The fourth-order valence-corrected chi connectivity index (χ4v) is 3.12. The highest BCUT2D eigenvalue weighted by molar-refractivity contribution is 6.33. The Labute approximate surface area is 182 Å². The van der Waals surface area contributed by atoms with Crippen molar-refractivity contribution in [2.24, 2.45) is 0 Å². The number of benzene rings is 3. The minimum Gasteiger partial charge on any atom is -0.497 e. The van der Waals surface area contributed by atoms with Gasteiger partial charge in [-0.1, -0.05) is 23.2 Å². The molecule has 1 N–H and O–H groups in total. The fraction of sp³-hybridized carbons (Fsp3) is 0.0909. The number of carbonyl (C=O) groups is 1. The van der Waals surface area contributed by atoms with E-state index in [-0.39, 0.29) is 12.5 Å². The van der Waals surface area contributed by atoms with Crippen LogP contribution >= 0.6 is 23.2 Å². The van der Waals surface area contributed by atoms with E-state index in [9.17, 15) is 4.79 Å². The average molecular weight is 443 g/mol. The van der Waals surface area contributed by atoms with Gasteiger partial charge >= 0.3 is 0 Å². The van der Waals surface area contributed by atoms with E-state index in [1.807, 2.05) is 0 Å². The van der Waals surface area contributed by atoms with Crippen LogP contribution in [0.1, 0.15) is 0 Å². The molecule has 152 valence electrons. The van der Waals surface area contributed by atoms with E-state index < -0.39 is 0 Å². The number of rotatable bonds is 6. The highest BCUT2D eigenvalue weighted by atomic mass is 35.5. The van der Waals surface area contributed by atoms with Crippen LogP contribution in [0.5, 0.6) is 11.5 Å². The third-order valence-electron chi connectivity index (χ3n) is 4.27. The molecule has 3 aromatic carbocycles. The number of hydrogen-bond acceptors (Lipinski definition) is 5. The molecule has 30 heavy (non-hydrogen) atoms. The second kappa shape index (κ2) is 8.65. The summed E-state index contributed by atoms with van der Waals surface area (Å²) in [5.41, 5.74) is 2.35. The second-order valence-electron chi connectivity index (χ2n) is 6.34. The summed E-state index contributed by atoms with van der Waals surface area (Å²) in [5, 5.41) is 3.70. The molecule has 0 saturated heterocycles. The smallest absolute Gasteiger partial charge is 0.262 e. The predicted molar refractivity (Wildman–Crippen MR) is 117 cm³/mol. The van der Waals surface area contributed by atoms with Crippen LogP contribution in [-0.4, -0.2) is 24.6 Å². The van der Waals surface area contributed by atoms with Crippen LogP contribution in [0.4, 0.5) is 5.69 Å². The van der Waals surface area contributed by atoms with Gasteiger partial charge in [0, 0.05) is 10.6 Å². The summed E-state index contributed by atoms with van der Waals surface area (Å²) in [6.07, 6.45) is 0. The zero-order valence-corrected chi connectivity index (χ0v) is 17.3. The van der Waals surface area contributed by atoms with Crippen LogP contribution in [0, 0.1) is 0 Å². The highest BCUT2D eigenvalue weighted by Gasteiger charge is 2.13. The van der Waals surface area contributed by atoms with Crippen LogP contribution < -0.4 is 14.8 Å². The molecule has 1 amide bonds. The van der Waals surface area contributed by atoms with Gasteiger partial charge in [0.25, 0.3) is 5.91 Å². The Morgan fingerprint density at radius 3 is 2.57 bits per heavy atom. The SMILES string of the molecule is COc1ccc(OCC(=O)Nc2cc(-c3nc4cc(Cl)ccc4o3)ccc2Cl)cc1. The number of ether oxygens (including phenoxy) is 2. The van der Waals surface area contributed by atoms with Gasteiger partial charge in [-0.2, -0.15) is 0 Å². The minimum atomic E-state index is -0.353. The number of methoxy groups -OCH3 is 1. The molecule has 0 aliphatic heterocycles. The lowest BCUT2D eigenvalue weighted by Gasteiger charge is -2.10. The summed E-state index contributed by atoms with van der Waals surface area (Å²) in [5.74, 6) is 1.30. The van der Waals surface area contributed by atoms with E-state index in [2.05, 4.69) is 10.3 Å². The van der Waals surface area contributed by atoms with Crippen LogP contribution in [0.2, 0.25) is 10.0 Å². The van der Waals surface area contributed by atoms with Gasteiger partial charge in [-0.25, -0.2) is 4.98 Å². The second-order valence-corrected chi connectivity index (χ2v) is 7.18. The average Bonchev–Trinajstić information content (AvgIpc) is 3.17. The van der Waals surface area contributed by atoms with E-state index in [0.29, 0.717) is 49.8 Å². The molecule has 4 aromatic rings. The molecule has 0 bridgehead atoms. The maximum absolute atomic E-state index is 12.3. The number of aromatic nitrogens is 1. The molecule has 6 nitrogen and oxygen atoms in total. The van der Waals surface area contributed by atoms with E-state index in [0.717, 1.165) is 0 Å². The van der Waals surface area contributed by atoms with E-state index >= 15 is 0 Å². The largest absolute Gasteiger partial charge is 0.497 e. The molecule has 0 aliphatic rings. The summed E-state index contributed by atoms with van der Waals surface area (Å²) in [6.45, 7) is -0.172. The van der Waals surface area contributed by atoms with E-state index in [1.54, 1.807) is 67.8 Å². The first-order chi connectivity index (χ1) is 14.5. The van der Waals surface area contributed by atoms with Crippen molar-refractivity contribution >= 4 is 45.9 Å². The third kappa shape index (κ3) is 4.50. The molecule has 0 unspecified atom stereocenters. The molecule has 4 rings (SSSR count). The fourth-order valence-electron chi connectivity index (χ4n) is 2.79. The normalized spacial score (nSPS) is 10.8.